The zero-order valence-electron chi connectivity index (χ0n) is 12.1. The van der Waals surface area contributed by atoms with E-state index in [4.69, 9.17) is 4.74 Å². The van der Waals surface area contributed by atoms with Crippen molar-refractivity contribution >= 4 is 0 Å². The molecule has 3 nitrogen and oxygen atoms in total. The molecule has 0 aromatic carbocycles. The number of hydrogen-bond donors (Lipinski definition) is 1. The van der Waals surface area contributed by atoms with E-state index in [-0.39, 0.29) is 11.6 Å². The standard InChI is InChI=1S/C15H26N2O/c1-5-10-17-14(13-9-8-11-16-12-13)15(6-2,7-3)18-4/h8-9,11-12,14,17H,5-7,10H2,1-4H3. The molecular weight excluding hydrogens is 224 g/mol. The lowest BCUT2D eigenvalue weighted by molar-refractivity contribution is -0.0486. The van der Waals surface area contributed by atoms with Crippen molar-refractivity contribution in [1.29, 1.82) is 0 Å². The third-order valence-corrected chi connectivity index (χ3v) is 3.75. The predicted molar refractivity (Wildman–Crippen MR) is 75.6 cm³/mol. The minimum absolute atomic E-state index is 0.155. The van der Waals surface area contributed by atoms with Gasteiger partial charge in [-0.2, -0.15) is 0 Å². The highest BCUT2D eigenvalue weighted by molar-refractivity contribution is 5.18. The van der Waals surface area contributed by atoms with Gasteiger partial charge in [0.2, 0.25) is 0 Å². The summed E-state index contributed by atoms with van der Waals surface area (Å²) in [6.45, 7) is 7.54. The van der Waals surface area contributed by atoms with Crippen molar-refractivity contribution in [2.75, 3.05) is 13.7 Å². The maximum Gasteiger partial charge on any atom is 0.0867 e. The third-order valence-electron chi connectivity index (χ3n) is 3.75. The Bertz CT molecular complexity index is 314. The van der Waals surface area contributed by atoms with Gasteiger partial charge in [-0.25, -0.2) is 0 Å². The molecule has 0 saturated heterocycles. The first-order valence-corrected chi connectivity index (χ1v) is 6.92. The SMILES string of the molecule is CCCNC(c1cccnc1)C(CC)(CC)OC. The molecule has 1 unspecified atom stereocenters. The molecule has 0 aliphatic carbocycles. The van der Waals surface area contributed by atoms with Crippen LogP contribution in [-0.4, -0.2) is 24.2 Å². The normalized spacial score (nSPS) is 13.6. The monoisotopic (exact) mass is 250 g/mol. The summed E-state index contributed by atoms with van der Waals surface area (Å²) in [4.78, 5) is 4.23. The Labute approximate surface area is 111 Å². The summed E-state index contributed by atoms with van der Waals surface area (Å²) in [5, 5.41) is 3.61. The molecule has 1 atom stereocenters. The summed E-state index contributed by atoms with van der Waals surface area (Å²) < 4.78 is 5.86. The van der Waals surface area contributed by atoms with E-state index in [2.05, 4.69) is 37.1 Å². The lowest BCUT2D eigenvalue weighted by Crippen LogP contribution is -2.45. The Balaban J connectivity index is 3.03. The quantitative estimate of drug-likeness (QED) is 0.768. The lowest BCUT2D eigenvalue weighted by Gasteiger charge is -2.39. The van der Waals surface area contributed by atoms with E-state index in [0.29, 0.717) is 0 Å². The first-order valence-electron chi connectivity index (χ1n) is 6.92. The Kier molecular flexibility index (Phi) is 6.30. The van der Waals surface area contributed by atoms with Crippen LogP contribution in [0.4, 0.5) is 0 Å². The topological polar surface area (TPSA) is 34.2 Å². The van der Waals surface area contributed by atoms with Gasteiger partial charge in [0, 0.05) is 19.5 Å². The maximum absolute atomic E-state index is 5.86. The fraction of sp³-hybridized carbons (Fsp3) is 0.667. The highest BCUT2D eigenvalue weighted by atomic mass is 16.5. The molecule has 0 amide bonds. The summed E-state index contributed by atoms with van der Waals surface area (Å²) in [6.07, 6.45) is 6.83. The fourth-order valence-electron chi connectivity index (χ4n) is 2.51. The van der Waals surface area contributed by atoms with Gasteiger partial charge in [0.05, 0.1) is 11.6 Å². The number of nitrogens with zero attached hydrogens (tertiary/aromatic N) is 1. The minimum atomic E-state index is -0.155. The van der Waals surface area contributed by atoms with Crippen LogP contribution in [0.25, 0.3) is 0 Å². The van der Waals surface area contributed by atoms with Crippen LogP contribution in [0, 0.1) is 0 Å². The number of rotatable bonds is 8. The summed E-state index contributed by atoms with van der Waals surface area (Å²) in [6, 6.07) is 4.31. The smallest absolute Gasteiger partial charge is 0.0867 e. The van der Waals surface area contributed by atoms with Gasteiger partial charge < -0.3 is 10.1 Å². The van der Waals surface area contributed by atoms with Crippen LogP contribution in [-0.2, 0) is 4.74 Å². The molecule has 0 spiro atoms. The molecule has 1 rings (SSSR count). The Morgan fingerprint density at radius 3 is 2.50 bits per heavy atom. The van der Waals surface area contributed by atoms with Gasteiger partial charge >= 0.3 is 0 Å². The third kappa shape index (κ3) is 3.30. The molecule has 0 radical (unpaired) electrons. The number of aromatic nitrogens is 1. The molecule has 0 bridgehead atoms. The summed E-state index contributed by atoms with van der Waals surface area (Å²) in [7, 11) is 1.81. The van der Waals surface area contributed by atoms with E-state index < -0.39 is 0 Å². The van der Waals surface area contributed by atoms with Crippen molar-refractivity contribution in [2.45, 2.75) is 51.7 Å². The van der Waals surface area contributed by atoms with Crippen LogP contribution in [0.3, 0.4) is 0 Å². The van der Waals surface area contributed by atoms with Crippen LogP contribution >= 0.6 is 0 Å². The zero-order valence-corrected chi connectivity index (χ0v) is 12.1. The first kappa shape index (κ1) is 15.1. The van der Waals surface area contributed by atoms with Gasteiger partial charge in [-0.1, -0.05) is 26.8 Å². The zero-order chi connectivity index (χ0) is 13.4. The first-order chi connectivity index (χ1) is 8.74. The van der Waals surface area contributed by atoms with Crippen molar-refractivity contribution in [1.82, 2.24) is 10.3 Å². The van der Waals surface area contributed by atoms with E-state index in [9.17, 15) is 0 Å². The Morgan fingerprint density at radius 2 is 2.06 bits per heavy atom. The number of methoxy groups -OCH3 is 1. The molecule has 1 N–H and O–H groups in total. The van der Waals surface area contributed by atoms with Crippen LogP contribution in [0.1, 0.15) is 51.6 Å². The van der Waals surface area contributed by atoms with Crippen molar-refractivity contribution in [3.63, 3.8) is 0 Å². The molecule has 3 heteroatoms. The average Bonchev–Trinajstić information content (AvgIpc) is 2.45. The van der Waals surface area contributed by atoms with Crippen molar-refractivity contribution in [2.24, 2.45) is 0 Å². The summed E-state index contributed by atoms with van der Waals surface area (Å²) in [5.41, 5.74) is 1.05. The lowest BCUT2D eigenvalue weighted by atomic mass is 9.84. The minimum Gasteiger partial charge on any atom is -0.376 e. The van der Waals surface area contributed by atoms with Crippen molar-refractivity contribution in [3.8, 4) is 0 Å². The van der Waals surface area contributed by atoms with Crippen LogP contribution in [0.2, 0.25) is 0 Å². The van der Waals surface area contributed by atoms with Crippen LogP contribution in [0.5, 0.6) is 0 Å². The van der Waals surface area contributed by atoms with E-state index in [1.807, 2.05) is 25.6 Å². The van der Waals surface area contributed by atoms with Gasteiger partial charge in [0.15, 0.2) is 0 Å². The van der Waals surface area contributed by atoms with Crippen molar-refractivity contribution in [3.05, 3.63) is 30.1 Å². The highest BCUT2D eigenvalue weighted by Gasteiger charge is 2.36. The van der Waals surface area contributed by atoms with Gasteiger partial charge in [-0.15, -0.1) is 0 Å². The number of nitrogens with one attached hydrogen (secondary N) is 1. The molecule has 1 aromatic rings. The maximum atomic E-state index is 5.86. The van der Waals surface area contributed by atoms with E-state index in [1.165, 1.54) is 5.56 Å². The van der Waals surface area contributed by atoms with Gasteiger partial charge in [-0.05, 0) is 37.4 Å². The second-order valence-corrected chi connectivity index (χ2v) is 4.65. The molecule has 1 heterocycles. The second kappa shape index (κ2) is 7.49. The van der Waals surface area contributed by atoms with Gasteiger partial charge in [0.1, 0.15) is 0 Å². The van der Waals surface area contributed by atoms with Crippen LogP contribution in [0.15, 0.2) is 24.5 Å². The summed E-state index contributed by atoms with van der Waals surface area (Å²) >= 11 is 0. The highest BCUT2D eigenvalue weighted by Crippen LogP contribution is 2.34. The molecule has 0 fully saturated rings. The molecule has 0 aliphatic heterocycles. The average molecular weight is 250 g/mol. The molecule has 0 aliphatic rings. The van der Waals surface area contributed by atoms with E-state index >= 15 is 0 Å². The molecule has 18 heavy (non-hydrogen) atoms. The molecule has 0 saturated carbocycles. The number of ether oxygens (including phenoxy) is 1. The summed E-state index contributed by atoms with van der Waals surface area (Å²) in [5.74, 6) is 0. The number of pyridine rings is 1. The van der Waals surface area contributed by atoms with Crippen LogP contribution < -0.4 is 5.32 Å². The second-order valence-electron chi connectivity index (χ2n) is 4.65. The molecule has 1 aromatic heterocycles. The Hall–Kier alpha value is -0.930. The van der Waals surface area contributed by atoms with E-state index in [1.54, 1.807) is 0 Å². The molecular formula is C15H26N2O. The number of hydrogen-bond acceptors (Lipinski definition) is 3. The Morgan fingerprint density at radius 1 is 1.33 bits per heavy atom. The predicted octanol–water partition coefficient (Wildman–Crippen LogP) is 3.33. The molecule has 102 valence electrons. The largest absolute Gasteiger partial charge is 0.376 e. The van der Waals surface area contributed by atoms with Crippen molar-refractivity contribution < 1.29 is 4.74 Å². The van der Waals surface area contributed by atoms with Gasteiger partial charge in [0.25, 0.3) is 0 Å². The van der Waals surface area contributed by atoms with Gasteiger partial charge in [-0.3, -0.25) is 4.98 Å². The fourth-order valence-corrected chi connectivity index (χ4v) is 2.51. The van der Waals surface area contributed by atoms with E-state index in [0.717, 1.165) is 25.8 Å².